The van der Waals surface area contributed by atoms with Gasteiger partial charge < -0.3 is 21.7 Å². The number of amides is 2. The predicted molar refractivity (Wildman–Crippen MR) is 93.3 cm³/mol. The van der Waals surface area contributed by atoms with Crippen molar-refractivity contribution in [2.45, 2.75) is 32.2 Å². The summed E-state index contributed by atoms with van der Waals surface area (Å²) in [4.78, 5) is 29.0. The average Bonchev–Trinajstić information content (AvgIpc) is 2.87. The SMILES string of the molecule is NC(=O)CNC(=O)c1ccc(CN=C(N)N2CCCCCC2)cc1. The fraction of sp³-hybridized carbons (Fsp3) is 0.471. The topological polar surface area (TPSA) is 114 Å². The van der Waals surface area contributed by atoms with Gasteiger partial charge in [-0.05, 0) is 30.5 Å². The molecular weight excluding hydrogens is 306 g/mol. The molecule has 0 radical (unpaired) electrons. The van der Waals surface area contributed by atoms with Crippen molar-refractivity contribution in [2.75, 3.05) is 19.6 Å². The lowest BCUT2D eigenvalue weighted by atomic mass is 10.1. The van der Waals surface area contributed by atoms with Crippen LogP contribution in [0.5, 0.6) is 0 Å². The maximum Gasteiger partial charge on any atom is 0.251 e. The Morgan fingerprint density at radius 3 is 2.25 bits per heavy atom. The molecule has 1 heterocycles. The van der Waals surface area contributed by atoms with E-state index in [4.69, 9.17) is 11.5 Å². The Bertz CT molecular complexity index is 590. The number of nitrogens with one attached hydrogen (secondary N) is 1. The molecule has 1 aliphatic heterocycles. The number of primary amides is 1. The summed E-state index contributed by atoms with van der Waals surface area (Å²) >= 11 is 0. The van der Waals surface area contributed by atoms with Gasteiger partial charge in [0.15, 0.2) is 5.96 Å². The summed E-state index contributed by atoms with van der Waals surface area (Å²) in [6.45, 7) is 2.24. The standard InChI is InChI=1S/C17H25N5O2/c18-15(23)12-20-16(24)14-7-5-13(6-8-14)11-21-17(19)22-9-3-1-2-4-10-22/h5-8H,1-4,9-12H2,(H2,18,23)(H2,19,21)(H,20,24). The summed E-state index contributed by atoms with van der Waals surface area (Å²) in [6.07, 6.45) is 4.82. The number of carbonyl (C=O) groups is 2. The van der Waals surface area contributed by atoms with E-state index in [1.807, 2.05) is 12.1 Å². The molecule has 1 aliphatic rings. The van der Waals surface area contributed by atoms with Gasteiger partial charge in [-0.15, -0.1) is 0 Å². The molecule has 7 nitrogen and oxygen atoms in total. The van der Waals surface area contributed by atoms with Gasteiger partial charge in [0.25, 0.3) is 5.91 Å². The van der Waals surface area contributed by atoms with Crippen molar-refractivity contribution in [3.8, 4) is 0 Å². The van der Waals surface area contributed by atoms with Gasteiger partial charge in [0.2, 0.25) is 5.91 Å². The van der Waals surface area contributed by atoms with E-state index in [0.29, 0.717) is 18.1 Å². The number of aliphatic imine (C=N–C) groups is 1. The monoisotopic (exact) mass is 331 g/mol. The first-order chi connectivity index (χ1) is 11.6. The molecule has 5 N–H and O–H groups in total. The first-order valence-corrected chi connectivity index (χ1v) is 8.26. The van der Waals surface area contributed by atoms with Gasteiger partial charge >= 0.3 is 0 Å². The van der Waals surface area contributed by atoms with E-state index in [0.717, 1.165) is 31.5 Å². The Labute approximate surface area is 142 Å². The van der Waals surface area contributed by atoms with Crippen LogP contribution >= 0.6 is 0 Å². The van der Waals surface area contributed by atoms with Gasteiger partial charge in [-0.3, -0.25) is 9.59 Å². The minimum absolute atomic E-state index is 0.169. The molecule has 24 heavy (non-hydrogen) atoms. The van der Waals surface area contributed by atoms with Crippen LogP contribution in [0.15, 0.2) is 29.3 Å². The molecule has 2 amide bonds. The molecule has 0 bridgehead atoms. The van der Waals surface area contributed by atoms with Crippen molar-refractivity contribution in [2.24, 2.45) is 16.5 Å². The van der Waals surface area contributed by atoms with Crippen molar-refractivity contribution < 1.29 is 9.59 Å². The Kier molecular flexibility index (Phi) is 6.60. The van der Waals surface area contributed by atoms with E-state index < -0.39 is 5.91 Å². The number of rotatable bonds is 5. The van der Waals surface area contributed by atoms with Gasteiger partial charge in [0.1, 0.15) is 0 Å². The van der Waals surface area contributed by atoms with Crippen molar-refractivity contribution in [1.82, 2.24) is 10.2 Å². The highest BCUT2D eigenvalue weighted by Crippen LogP contribution is 2.10. The molecule has 130 valence electrons. The van der Waals surface area contributed by atoms with Crippen molar-refractivity contribution in [1.29, 1.82) is 0 Å². The Morgan fingerprint density at radius 2 is 1.67 bits per heavy atom. The number of benzene rings is 1. The Balaban J connectivity index is 1.89. The lowest BCUT2D eigenvalue weighted by Crippen LogP contribution is -2.38. The summed E-state index contributed by atoms with van der Waals surface area (Å²) in [5.41, 5.74) is 12.5. The first-order valence-electron chi connectivity index (χ1n) is 8.26. The highest BCUT2D eigenvalue weighted by Gasteiger charge is 2.11. The average molecular weight is 331 g/mol. The number of nitrogens with zero attached hydrogens (tertiary/aromatic N) is 2. The van der Waals surface area contributed by atoms with Crippen LogP contribution in [0, 0.1) is 0 Å². The van der Waals surface area contributed by atoms with Crippen molar-refractivity contribution in [3.63, 3.8) is 0 Å². The third-order valence-corrected chi connectivity index (χ3v) is 3.99. The van der Waals surface area contributed by atoms with Crippen LogP contribution in [0.2, 0.25) is 0 Å². The quantitative estimate of drug-likeness (QED) is 0.541. The summed E-state index contributed by atoms with van der Waals surface area (Å²) < 4.78 is 0. The maximum absolute atomic E-state index is 11.8. The Morgan fingerprint density at radius 1 is 1.04 bits per heavy atom. The van der Waals surface area contributed by atoms with Crippen LogP contribution in [-0.4, -0.2) is 42.3 Å². The van der Waals surface area contributed by atoms with Gasteiger partial charge in [-0.25, -0.2) is 4.99 Å². The minimum Gasteiger partial charge on any atom is -0.370 e. The summed E-state index contributed by atoms with van der Waals surface area (Å²) in [5, 5.41) is 2.45. The molecule has 7 heteroatoms. The highest BCUT2D eigenvalue weighted by molar-refractivity contribution is 5.96. The third-order valence-electron chi connectivity index (χ3n) is 3.99. The predicted octanol–water partition coefficient (Wildman–Crippen LogP) is 0.592. The zero-order valence-corrected chi connectivity index (χ0v) is 13.8. The zero-order valence-electron chi connectivity index (χ0n) is 13.8. The van der Waals surface area contributed by atoms with Gasteiger partial charge in [0, 0.05) is 18.7 Å². The maximum atomic E-state index is 11.8. The van der Waals surface area contributed by atoms with Crippen LogP contribution in [0.1, 0.15) is 41.6 Å². The number of guanidine groups is 1. The van der Waals surface area contributed by atoms with Crippen LogP contribution < -0.4 is 16.8 Å². The van der Waals surface area contributed by atoms with E-state index in [2.05, 4.69) is 15.2 Å². The second-order valence-electron chi connectivity index (χ2n) is 5.92. The number of nitrogens with two attached hydrogens (primary N) is 2. The lowest BCUT2D eigenvalue weighted by molar-refractivity contribution is -0.117. The molecule has 1 fully saturated rings. The van der Waals surface area contributed by atoms with Crippen LogP contribution in [-0.2, 0) is 11.3 Å². The fourth-order valence-corrected chi connectivity index (χ4v) is 2.60. The highest BCUT2D eigenvalue weighted by atomic mass is 16.2. The van der Waals surface area contributed by atoms with E-state index in [-0.39, 0.29) is 12.5 Å². The largest absolute Gasteiger partial charge is 0.370 e. The number of carbonyl (C=O) groups excluding carboxylic acids is 2. The van der Waals surface area contributed by atoms with E-state index >= 15 is 0 Å². The van der Waals surface area contributed by atoms with Crippen LogP contribution in [0.3, 0.4) is 0 Å². The van der Waals surface area contributed by atoms with Crippen LogP contribution in [0.4, 0.5) is 0 Å². The number of hydrogen-bond acceptors (Lipinski definition) is 3. The van der Waals surface area contributed by atoms with E-state index in [1.54, 1.807) is 12.1 Å². The summed E-state index contributed by atoms with van der Waals surface area (Å²) in [7, 11) is 0. The normalized spacial score (nSPS) is 15.7. The van der Waals surface area contributed by atoms with Gasteiger partial charge in [0.05, 0.1) is 13.1 Å². The summed E-state index contributed by atoms with van der Waals surface area (Å²) in [5.74, 6) is -0.314. The lowest BCUT2D eigenvalue weighted by Gasteiger charge is -2.21. The molecule has 0 saturated carbocycles. The first kappa shape index (κ1) is 17.8. The molecule has 0 spiro atoms. The molecule has 0 aromatic heterocycles. The molecule has 1 saturated heterocycles. The van der Waals surface area contributed by atoms with Crippen molar-refractivity contribution in [3.05, 3.63) is 35.4 Å². The van der Waals surface area contributed by atoms with Crippen LogP contribution in [0.25, 0.3) is 0 Å². The Hall–Kier alpha value is -2.57. The molecule has 0 aliphatic carbocycles. The molecule has 2 rings (SSSR count). The second kappa shape index (κ2) is 8.90. The molecule has 1 aromatic rings. The van der Waals surface area contributed by atoms with Gasteiger partial charge in [-0.2, -0.15) is 0 Å². The van der Waals surface area contributed by atoms with Gasteiger partial charge in [-0.1, -0.05) is 25.0 Å². The fourth-order valence-electron chi connectivity index (χ4n) is 2.60. The minimum atomic E-state index is -0.571. The smallest absolute Gasteiger partial charge is 0.251 e. The van der Waals surface area contributed by atoms with Crippen molar-refractivity contribution >= 4 is 17.8 Å². The number of likely N-dealkylation sites (tertiary alicyclic amines) is 1. The third kappa shape index (κ3) is 5.57. The van der Waals surface area contributed by atoms with E-state index in [9.17, 15) is 9.59 Å². The molecule has 1 aromatic carbocycles. The van der Waals surface area contributed by atoms with E-state index in [1.165, 1.54) is 12.8 Å². The molecule has 0 atom stereocenters. The molecular formula is C17H25N5O2. The number of hydrogen-bond donors (Lipinski definition) is 3. The zero-order chi connectivity index (χ0) is 17.4. The second-order valence-corrected chi connectivity index (χ2v) is 5.92. The molecule has 0 unspecified atom stereocenters. The summed E-state index contributed by atoms with van der Waals surface area (Å²) in [6, 6.07) is 7.06.